The molecule has 0 saturated heterocycles. The first-order valence-electron chi connectivity index (χ1n) is 5.04. The Morgan fingerprint density at radius 2 is 2.31 bits per heavy atom. The lowest BCUT2D eigenvalue weighted by atomic mass is 10.2. The largest absolute Gasteiger partial charge is 0.335 e. The molecule has 7 heteroatoms. The van der Waals surface area contributed by atoms with Crippen LogP contribution in [0.15, 0.2) is 12.3 Å². The van der Waals surface area contributed by atoms with E-state index >= 15 is 0 Å². The van der Waals surface area contributed by atoms with Crippen molar-refractivity contribution in [1.29, 1.82) is 0 Å². The van der Waals surface area contributed by atoms with Crippen molar-refractivity contribution in [3.63, 3.8) is 0 Å². The van der Waals surface area contributed by atoms with E-state index in [4.69, 9.17) is 18.1 Å². The highest BCUT2D eigenvalue weighted by atomic mass is 32.1. The molecule has 0 bridgehead atoms. The molecular weight excluding hydrogens is 224 g/mol. The van der Waals surface area contributed by atoms with Gasteiger partial charge >= 0.3 is 0 Å². The Hall–Kier alpha value is -1.63. The maximum absolute atomic E-state index is 5.77. The fourth-order valence-corrected chi connectivity index (χ4v) is 1.63. The molecule has 0 amide bonds. The highest BCUT2D eigenvalue weighted by Crippen LogP contribution is 2.15. The first-order chi connectivity index (χ1) is 7.59. The fourth-order valence-electron chi connectivity index (χ4n) is 1.50. The van der Waals surface area contributed by atoms with Gasteiger partial charge in [-0.15, -0.1) is 0 Å². The van der Waals surface area contributed by atoms with Gasteiger partial charge < -0.3 is 5.84 Å². The predicted molar refractivity (Wildman–Crippen MR) is 63.6 cm³/mol. The SMILES string of the molecule is CC(C)Cn1nccc1-c1n[nH]c(=S)n1N. The molecule has 0 atom stereocenters. The lowest BCUT2D eigenvalue weighted by Crippen LogP contribution is -2.14. The predicted octanol–water partition coefficient (Wildman–Crippen LogP) is 1.17. The number of rotatable bonds is 3. The van der Waals surface area contributed by atoms with Gasteiger partial charge in [0.1, 0.15) is 5.69 Å². The molecule has 2 aromatic rings. The summed E-state index contributed by atoms with van der Waals surface area (Å²) in [4.78, 5) is 0. The minimum Gasteiger partial charge on any atom is -0.335 e. The van der Waals surface area contributed by atoms with Crippen LogP contribution >= 0.6 is 12.2 Å². The van der Waals surface area contributed by atoms with Crippen LogP contribution in [0.2, 0.25) is 0 Å². The van der Waals surface area contributed by atoms with Gasteiger partial charge in [0.15, 0.2) is 5.82 Å². The number of nitrogens with two attached hydrogens (primary N) is 1. The summed E-state index contributed by atoms with van der Waals surface area (Å²) < 4.78 is 3.62. The van der Waals surface area contributed by atoms with E-state index in [9.17, 15) is 0 Å². The van der Waals surface area contributed by atoms with Crippen molar-refractivity contribution >= 4 is 12.2 Å². The summed E-state index contributed by atoms with van der Waals surface area (Å²) in [6.45, 7) is 5.08. The summed E-state index contributed by atoms with van der Waals surface area (Å²) in [6, 6.07) is 1.87. The second kappa shape index (κ2) is 4.09. The molecule has 2 heterocycles. The second-order valence-electron chi connectivity index (χ2n) is 4.01. The zero-order chi connectivity index (χ0) is 11.7. The van der Waals surface area contributed by atoms with Gasteiger partial charge in [0, 0.05) is 12.7 Å². The summed E-state index contributed by atoms with van der Waals surface area (Å²) in [5.41, 5.74) is 0.864. The molecule has 86 valence electrons. The third-order valence-electron chi connectivity index (χ3n) is 2.19. The van der Waals surface area contributed by atoms with Crippen molar-refractivity contribution in [2.24, 2.45) is 5.92 Å². The summed E-state index contributed by atoms with van der Waals surface area (Å²) >= 11 is 4.97. The number of hydrogen-bond donors (Lipinski definition) is 2. The van der Waals surface area contributed by atoms with E-state index in [-0.39, 0.29) is 0 Å². The molecule has 0 fully saturated rings. The molecule has 0 aliphatic carbocycles. The molecule has 0 saturated carbocycles. The van der Waals surface area contributed by atoms with Crippen LogP contribution in [0.3, 0.4) is 0 Å². The lowest BCUT2D eigenvalue weighted by molar-refractivity contribution is 0.486. The normalized spacial score (nSPS) is 11.2. The van der Waals surface area contributed by atoms with E-state index in [1.807, 2.05) is 10.7 Å². The highest BCUT2D eigenvalue weighted by Gasteiger charge is 2.12. The molecule has 0 spiro atoms. The number of nitrogens with one attached hydrogen (secondary N) is 1. The number of aromatic amines is 1. The van der Waals surface area contributed by atoms with Gasteiger partial charge in [-0.2, -0.15) is 10.2 Å². The molecule has 2 aromatic heterocycles. The summed E-state index contributed by atoms with van der Waals surface area (Å²) in [7, 11) is 0. The molecule has 0 unspecified atom stereocenters. The molecule has 0 aliphatic heterocycles. The van der Waals surface area contributed by atoms with Crippen molar-refractivity contribution in [3.05, 3.63) is 17.0 Å². The van der Waals surface area contributed by atoms with E-state index in [1.54, 1.807) is 6.20 Å². The molecule has 0 aliphatic rings. The molecule has 2 rings (SSSR count). The van der Waals surface area contributed by atoms with Crippen LogP contribution in [0.1, 0.15) is 13.8 Å². The minimum atomic E-state index is 0.396. The quantitative estimate of drug-likeness (QED) is 0.621. The standard InChI is InChI=1S/C9H14N6S/c1-6(2)5-14-7(3-4-11-14)8-12-13-9(16)15(8)10/h3-4,6H,5,10H2,1-2H3,(H,13,16). The zero-order valence-electron chi connectivity index (χ0n) is 9.21. The number of H-pyrrole nitrogens is 1. The van der Waals surface area contributed by atoms with Crippen LogP contribution in [0.5, 0.6) is 0 Å². The molecule has 16 heavy (non-hydrogen) atoms. The summed E-state index contributed by atoms with van der Waals surface area (Å²) in [5, 5.41) is 11.0. The lowest BCUT2D eigenvalue weighted by Gasteiger charge is -2.08. The highest BCUT2D eigenvalue weighted by molar-refractivity contribution is 7.71. The van der Waals surface area contributed by atoms with E-state index in [1.165, 1.54) is 4.68 Å². The molecule has 0 aromatic carbocycles. The van der Waals surface area contributed by atoms with Crippen molar-refractivity contribution in [2.75, 3.05) is 5.84 Å². The monoisotopic (exact) mass is 238 g/mol. The smallest absolute Gasteiger partial charge is 0.214 e. The van der Waals surface area contributed by atoms with Crippen LogP contribution < -0.4 is 5.84 Å². The average molecular weight is 238 g/mol. The Kier molecular flexibility index (Phi) is 2.78. The van der Waals surface area contributed by atoms with Crippen LogP contribution in [-0.4, -0.2) is 24.7 Å². The fraction of sp³-hybridized carbons (Fsp3) is 0.444. The zero-order valence-corrected chi connectivity index (χ0v) is 10.0. The van der Waals surface area contributed by atoms with Gasteiger partial charge in [-0.1, -0.05) is 13.8 Å². The Balaban J connectivity index is 2.44. The number of nitrogens with zero attached hydrogens (tertiary/aromatic N) is 4. The Morgan fingerprint density at radius 3 is 2.88 bits per heavy atom. The second-order valence-corrected chi connectivity index (χ2v) is 4.40. The average Bonchev–Trinajstić information content (AvgIpc) is 2.76. The van der Waals surface area contributed by atoms with E-state index in [0.717, 1.165) is 12.2 Å². The number of aromatic nitrogens is 5. The molecule has 0 radical (unpaired) electrons. The van der Waals surface area contributed by atoms with Crippen molar-refractivity contribution in [1.82, 2.24) is 24.7 Å². The Bertz CT molecular complexity index is 534. The van der Waals surface area contributed by atoms with Crippen LogP contribution in [0.4, 0.5) is 0 Å². The summed E-state index contributed by atoms with van der Waals surface area (Å²) in [5.74, 6) is 6.88. The van der Waals surface area contributed by atoms with Crippen molar-refractivity contribution in [3.8, 4) is 11.5 Å². The van der Waals surface area contributed by atoms with Gasteiger partial charge in [0.2, 0.25) is 4.77 Å². The maximum atomic E-state index is 5.77. The van der Waals surface area contributed by atoms with Crippen LogP contribution in [0, 0.1) is 10.7 Å². The van der Waals surface area contributed by atoms with Crippen molar-refractivity contribution in [2.45, 2.75) is 20.4 Å². The number of hydrogen-bond acceptors (Lipinski definition) is 4. The van der Waals surface area contributed by atoms with Gasteiger partial charge in [-0.05, 0) is 24.2 Å². The van der Waals surface area contributed by atoms with Gasteiger partial charge in [-0.3, -0.25) is 4.68 Å². The van der Waals surface area contributed by atoms with Crippen LogP contribution in [0.25, 0.3) is 11.5 Å². The third-order valence-corrected chi connectivity index (χ3v) is 2.48. The van der Waals surface area contributed by atoms with E-state index in [2.05, 4.69) is 29.1 Å². The first-order valence-corrected chi connectivity index (χ1v) is 5.45. The molecule has 3 N–H and O–H groups in total. The Labute approximate surface area is 98.1 Å². The molecular formula is C9H14N6S. The summed E-state index contributed by atoms with van der Waals surface area (Å²) in [6.07, 6.45) is 1.73. The molecule has 6 nitrogen and oxygen atoms in total. The topological polar surface area (TPSA) is 77.5 Å². The minimum absolute atomic E-state index is 0.396. The number of nitrogen functional groups attached to an aromatic ring is 1. The van der Waals surface area contributed by atoms with Gasteiger partial charge in [-0.25, -0.2) is 9.77 Å². The maximum Gasteiger partial charge on any atom is 0.214 e. The van der Waals surface area contributed by atoms with E-state index in [0.29, 0.717) is 16.5 Å². The van der Waals surface area contributed by atoms with Crippen molar-refractivity contribution < 1.29 is 0 Å². The van der Waals surface area contributed by atoms with Gasteiger partial charge in [0.25, 0.3) is 0 Å². The van der Waals surface area contributed by atoms with E-state index < -0.39 is 0 Å². The first kappa shape index (κ1) is 10.9. The van der Waals surface area contributed by atoms with Gasteiger partial charge in [0.05, 0.1) is 0 Å². The third kappa shape index (κ3) is 1.85. The Morgan fingerprint density at radius 1 is 1.56 bits per heavy atom. The van der Waals surface area contributed by atoms with Crippen LogP contribution in [-0.2, 0) is 6.54 Å².